The third kappa shape index (κ3) is 8.17. The number of aryl methyl sites for hydroxylation is 1. The molecule has 0 radical (unpaired) electrons. The first-order valence-electron chi connectivity index (χ1n) is 14.7. The van der Waals surface area contributed by atoms with Crippen molar-refractivity contribution < 1.29 is 14.3 Å². The fourth-order valence-electron chi connectivity index (χ4n) is 4.80. The number of hydrogen-bond acceptors (Lipinski definition) is 6. The lowest BCUT2D eigenvalue weighted by Crippen LogP contribution is -2.27. The molecular formula is C34H36IN7O3. The number of anilines is 3. The van der Waals surface area contributed by atoms with Gasteiger partial charge in [-0.3, -0.25) is 10.1 Å². The summed E-state index contributed by atoms with van der Waals surface area (Å²) < 4.78 is 8.23. The second-order valence-electron chi connectivity index (χ2n) is 11.0. The molecule has 2 aromatic heterocycles. The molecule has 5 aromatic rings. The van der Waals surface area contributed by atoms with Gasteiger partial charge in [0, 0.05) is 29.1 Å². The number of pyridine rings is 1. The lowest BCUT2D eigenvalue weighted by Gasteiger charge is -2.15. The van der Waals surface area contributed by atoms with Crippen molar-refractivity contribution in [2.45, 2.75) is 30.6 Å². The predicted molar refractivity (Wildman–Crippen MR) is 188 cm³/mol. The van der Waals surface area contributed by atoms with E-state index in [1.807, 2.05) is 87.7 Å². The summed E-state index contributed by atoms with van der Waals surface area (Å²) in [6.45, 7) is 4.43. The Kier molecular flexibility index (Phi) is 10.3. The maximum atomic E-state index is 13.4. The number of alkyl halides is 1. The molecule has 2 heterocycles. The third-order valence-corrected chi connectivity index (χ3v) is 8.19. The highest BCUT2D eigenvalue weighted by atomic mass is 127. The summed E-state index contributed by atoms with van der Waals surface area (Å²) in [5.74, 6) is 1.93. The second-order valence-corrected chi connectivity index (χ2v) is 12.5. The van der Waals surface area contributed by atoms with Crippen LogP contribution < -0.4 is 20.7 Å². The average molecular weight is 718 g/mol. The Morgan fingerprint density at radius 1 is 0.956 bits per heavy atom. The zero-order chi connectivity index (χ0) is 31.9. The van der Waals surface area contributed by atoms with Crippen molar-refractivity contribution in [3.05, 3.63) is 96.3 Å². The fraction of sp³-hybridized carbons (Fsp3) is 0.235. The normalized spacial score (nSPS) is 11.8. The molecule has 5 rings (SSSR count). The van der Waals surface area contributed by atoms with Gasteiger partial charge in [0.1, 0.15) is 23.1 Å². The van der Waals surface area contributed by atoms with Crippen molar-refractivity contribution in [1.29, 1.82) is 0 Å². The number of amides is 3. The summed E-state index contributed by atoms with van der Waals surface area (Å²) in [6.07, 6.45) is 3.61. The predicted octanol–water partition coefficient (Wildman–Crippen LogP) is 7.94. The number of nitrogens with zero attached hydrogens (tertiary/aromatic N) is 4. The standard InChI is InChI=1S/C34H36IN7O3/c1-5-8-27(35)29-20-32(42(40-29)23-13-11-22(2)12-14-23)39-34(44)37-28-15-16-30(26-10-7-6-9-25(26)28)45-24-17-18-36-31(19-24)38-33(43)21-41(3)4/h6-7,9-20,27H,5,8,21H2,1-4H3,(H,36,38,43)(H2,37,39,44). The van der Waals surface area contributed by atoms with Crippen molar-refractivity contribution in [3.63, 3.8) is 0 Å². The quantitative estimate of drug-likeness (QED) is 0.0945. The number of rotatable bonds is 11. The van der Waals surface area contributed by atoms with Crippen LogP contribution in [0.2, 0.25) is 0 Å². The van der Waals surface area contributed by atoms with Crippen molar-refractivity contribution in [3.8, 4) is 17.2 Å². The summed E-state index contributed by atoms with van der Waals surface area (Å²) in [6, 6.07) is 24.3. The highest BCUT2D eigenvalue weighted by molar-refractivity contribution is 14.1. The molecule has 0 spiro atoms. The summed E-state index contributed by atoms with van der Waals surface area (Å²) in [5, 5.41) is 15.3. The highest BCUT2D eigenvalue weighted by Crippen LogP contribution is 2.35. The molecule has 0 bridgehead atoms. The number of hydrogen-bond donors (Lipinski definition) is 3. The molecule has 10 nitrogen and oxygen atoms in total. The van der Waals surface area contributed by atoms with E-state index in [1.54, 1.807) is 27.9 Å². The summed E-state index contributed by atoms with van der Waals surface area (Å²) in [7, 11) is 3.65. The van der Waals surface area contributed by atoms with E-state index in [0.717, 1.165) is 40.6 Å². The molecule has 0 saturated carbocycles. The second kappa shape index (κ2) is 14.5. The van der Waals surface area contributed by atoms with E-state index in [1.165, 1.54) is 0 Å². The van der Waals surface area contributed by atoms with Gasteiger partial charge in [-0.25, -0.2) is 14.5 Å². The van der Waals surface area contributed by atoms with Crippen molar-refractivity contribution >= 4 is 62.6 Å². The molecule has 11 heteroatoms. The highest BCUT2D eigenvalue weighted by Gasteiger charge is 2.18. The molecule has 45 heavy (non-hydrogen) atoms. The lowest BCUT2D eigenvalue weighted by molar-refractivity contribution is -0.116. The molecular weight excluding hydrogens is 681 g/mol. The van der Waals surface area contributed by atoms with Gasteiger partial charge < -0.3 is 20.3 Å². The Hall–Kier alpha value is -4.49. The topological polar surface area (TPSA) is 113 Å². The minimum absolute atomic E-state index is 0.169. The molecule has 1 atom stereocenters. The van der Waals surface area contributed by atoms with Crippen molar-refractivity contribution in [2.75, 3.05) is 36.6 Å². The van der Waals surface area contributed by atoms with Gasteiger partial charge in [0.05, 0.1) is 27.5 Å². The van der Waals surface area contributed by atoms with Crippen LogP contribution in [-0.4, -0.2) is 52.2 Å². The number of carbonyl (C=O) groups is 2. The van der Waals surface area contributed by atoms with Crippen molar-refractivity contribution in [1.82, 2.24) is 19.7 Å². The van der Waals surface area contributed by atoms with Gasteiger partial charge in [-0.2, -0.15) is 5.10 Å². The average Bonchev–Trinajstić information content (AvgIpc) is 3.42. The van der Waals surface area contributed by atoms with E-state index < -0.39 is 0 Å². The van der Waals surface area contributed by atoms with Crippen LogP contribution in [0.25, 0.3) is 16.5 Å². The maximum Gasteiger partial charge on any atom is 0.324 e. The Bertz CT molecular complexity index is 1800. The SMILES string of the molecule is CCCC(I)c1cc(NC(=O)Nc2ccc(Oc3ccnc(NC(=O)CN(C)C)c3)c3ccccc23)n(-c2ccc(C)cc2)n1. The maximum absolute atomic E-state index is 13.4. The number of urea groups is 1. The third-order valence-electron chi connectivity index (χ3n) is 6.93. The van der Waals surface area contributed by atoms with Gasteiger partial charge in [0.15, 0.2) is 0 Å². The molecule has 0 aliphatic rings. The van der Waals surface area contributed by atoms with Gasteiger partial charge in [-0.15, -0.1) is 0 Å². The lowest BCUT2D eigenvalue weighted by atomic mass is 10.1. The van der Waals surface area contributed by atoms with Crippen LogP contribution >= 0.6 is 22.6 Å². The van der Waals surface area contributed by atoms with Crippen molar-refractivity contribution in [2.24, 2.45) is 0 Å². The van der Waals surface area contributed by atoms with E-state index in [-0.39, 0.29) is 22.4 Å². The number of likely N-dealkylation sites (N-methyl/N-ethyl adjacent to an activating group) is 1. The zero-order valence-electron chi connectivity index (χ0n) is 25.7. The largest absolute Gasteiger partial charge is 0.457 e. The monoisotopic (exact) mass is 717 g/mol. The smallest absolute Gasteiger partial charge is 0.324 e. The Morgan fingerprint density at radius 2 is 1.71 bits per heavy atom. The number of benzene rings is 3. The van der Waals surface area contributed by atoms with E-state index in [9.17, 15) is 9.59 Å². The van der Waals surface area contributed by atoms with E-state index in [4.69, 9.17) is 9.84 Å². The number of ether oxygens (including phenoxy) is 1. The van der Waals surface area contributed by atoms with Crippen LogP contribution in [0.1, 0.15) is 34.9 Å². The first kappa shape index (κ1) is 31.9. The molecule has 0 fully saturated rings. The van der Waals surface area contributed by atoms with Crippen LogP contribution in [0.5, 0.6) is 11.5 Å². The van der Waals surface area contributed by atoms with Crippen LogP contribution in [0.15, 0.2) is 85.1 Å². The molecule has 3 N–H and O–H groups in total. The van der Waals surface area contributed by atoms with E-state index in [2.05, 4.69) is 50.4 Å². The fourth-order valence-corrected chi connectivity index (χ4v) is 5.73. The Balaban J connectivity index is 1.36. The first-order valence-corrected chi connectivity index (χ1v) is 15.9. The van der Waals surface area contributed by atoms with Crippen LogP contribution in [-0.2, 0) is 4.79 Å². The summed E-state index contributed by atoms with van der Waals surface area (Å²) >= 11 is 2.41. The van der Waals surface area contributed by atoms with Gasteiger partial charge in [-0.1, -0.05) is 77.9 Å². The van der Waals surface area contributed by atoms with Gasteiger partial charge in [-0.05, 0) is 57.8 Å². The number of aromatic nitrogens is 3. The Labute approximate surface area is 276 Å². The van der Waals surface area contributed by atoms with Gasteiger partial charge >= 0.3 is 6.03 Å². The van der Waals surface area contributed by atoms with Crippen LogP contribution in [0.3, 0.4) is 0 Å². The minimum atomic E-state index is -0.388. The first-order chi connectivity index (χ1) is 21.7. The minimum Gasteiger partial charge on any atom is -0.457 e. The molecule has 1 unspecified atom stereocenters. The Morgan fingerprint density at radius 3 is 2.44 bits per heavy atom. The van der Waals surface area contributed by atoms with Gasteiger partial charge in [0.25, 0.3) is 0 Å². The molecule has 3 amide bonds. The molecule has 0 saturated heterocycles. The number of carbonyl (C=O) groups excluding carboxylic acids is 2. The summed E-state index contributed by atoms with van der Waals surface area (Å²) in [5.41, 5.74) is 3.55. The number of fused-ring (bicyclic) bond motifs is 1. The van der Waals surface area contributed by atoms with Crippen LogP contribution in [0.4, 0.5) is 22.1 Å². The van der Waals surface area contributed by atoms with Gasteiger partial charge in [0.2, 0.25) is 5.91 Å². The zero-order valence-corrected chi connectivity index (χ0v) is 27.8. The molecule has 0 aliphatic carbocycles. The number of nitrogens with one attached hydrogen (secondary N) is 3. The molecule has 3 aromatic carbocycles. The summed E-state index contributed by atoms with van der Waals surface area (Å²) in [4.78, 5) is 31.6. The molecule has 0 aliphatic heterocycles. The van der Waals surface area contributed by atoms with E-state index >= 15 is 0 Å². The molecule has 232 valence electrons. The van der Waals surface area contributed by atoms with E-state index in [0.29, 0.717) is 28.8 Å². The number of halogens is 1. The van der Waals surface area contributed by atoms with Crippen LogP contribution in [0, 0.1) is 6.92 Å².